The highest BCUT2D eigenvalue weighted by Gasteiger charge is 2.51. The van der Waals surface area contributed by atoms with Crippen molar-refractivity contribution in [3.8, 4) is 0 Å². The van der Waals surface area contributed by atoms with E-state index in [0.717, 1.165) is 25.7 Å². The van der Waals surface area contributed by atoms with Gasteiger partial charge in [0.15, 0.2) is 0 Å². The van der Waals surface area contributed by atoms with Crippen LogP contribution in [-0.4, -0.2) is 29.2 Å². The molecule has 4 rings (SSSR count). The van der Waals surface area contributed by atoms with Crippen LogP contribution in [0.1, 0.15) is 38.5 Å². The minimum Gasteiger partial charge on any atom is -0.480 e. The molecule has 0 aliphatic heterocycles. The number of carbonyl (C=O) groups excluding carboxylic acids is 1. The molecule has 22 heavy (non-hydrogen) atoms. The molecule has 4 saturated carbocycles. The Balaban J connectivity index is 1.67. The second kappa shape index (κ2) is 5.42. The third-order valence-corrected chi connectivity index (χ3v) is 5.58. The number of halogens is 3. The lowest BCUT2D eigenvalue weighted by Crippen LogP contribution is -2.54. The van der Waals surface area contributed by atoms with Gasteiger partial charge in [0.2, 0.25) is 5.91 Å². The molecule has 0 radical (unpaired) electrons. The molecule has 4 nitrogen and oxygen atoms in total. The second-order valence-corrected chi connectivity index (χ2v) is 7.18. The van der Waals surface area contributed by atoms with Gasteiger partial charge < -0.3 is 10.4 Å². The number of aliphatic carboxylic acids is 1. The summed E-state index contributed by atoms with van der Waals surface area (Å²) in [5.74, 6) is -0.690. The van der Waals surface area contributed by atoms with Crippen molar-refractivity contribution in [3.05, 3.63) is 0 Å². The molecular weight excluding hydrogens is 299 g/mol. The Labute approximate surface area is 126 Å². The number of amides is 1. The summed E-state index contributed by atoms with van der Waals surface area (Å²) >= 11 is 0. The molecule has 4 aliphatic rings. The van der Waals surface area contributed by atoms with E-state index in [1.165, 1.54) is 6.42 Å². The van der Waals surface area contributed by atoms with Crippen LogP contribution in [0.5, 0.6) is 0 Å². The predicted molar refractivity (Wildman–Crippen MR) is 70.8 cm³/mol. The first-order valence-corrected chi connectivity index (χ1v) is 7.83. The Morgan fingerprint density at radius 2 is 1.55 bits per heavy atom. The molecular formula is C15H20F3NO3. The van der Waals surface area contributed by atoms with Gasteiger partial charge in [-0.25, -0.2) is 4.79 Å². The predicted octanol–water partition coefficient (Wildman–Crippen LogP) is 2.58. The number of alkyl halides is 3. The van der Waals surface area contributed by atoms with Gasteiger partial charge in [-0.3, -0.25) is 4.79 Å². The molecule has 4 fully saturated rings. The molecule has 0 aromatic carbocycles. The fourth-order valence-electron chi connectivity index (χ4n) is 5.05. The van der Waals surface area contributed by atoms with Crippen LogP contribution < -0.4 is 5.32 Å². The van der Waals surface area contributed by atoms with Crippen LogP contribution in [0.4, 0.5) is 13.2 Å². The average Bonchev–Trinajstić information content (AvgIpc) is 2.34. The van der Waals surface area contributed by atoms with Gasteiger partial charge in [0.1, 0.15) is 6.04 Å². The maximum atomic E-state index is 12.4. The van der Waals surface area contributed by atoms with Crippen molar-refractivity contribution in [3.63, 3.8) is 0 Å². The maximum Gasteiger partial charge on any atom is 0.391 e. The van der Waals surface area contributed by atoms with Crippen molar-refractivity contribution in [2.75, 3.05) is 0 Å². The fourth-order valence-corrected chi connectivity index (χ4v) is 5.05. The summed E-state index contributed by atoms with van der Waals surface area (Å²) in [6.07, 6.45) is -1.08. The van der Waals surface area contributed by atoms with Gasteiger partial charge in [0.05, 0.1) is 6.42 Å². The van der Waals surface area contributed by atoms with Gasteiger partial charge in [-0.15, -0.1) is 0 Å². The average molecular weight is 319 g/mol. The molecule has 124 valence electrons. The van der Waals surface area contributed by atoms with Crippen LogP contribution in [-0.2, 0) is 9.59 Å². The summed E-state index contributed by atoms with van der Waals surface area (Å²) in [5.41, 5.74) is 0. The first-order chi connectivity index (χ1) is 10.2. The van der Waals surface area contributed by atoms with Gasteiger partial charge in [-0.1, -0.05) is 0 Å². The highest BCUT2D eigenvalue weighted by atomic mass is 19.4. The largest absolute Gasteiger partial charge is 0.480 e. The van der Waals surface area contributed by atoms with E-state index in [2.05, 4.69) is 5.32 Å². The van der Waals surface area contributed by atoms with Crippen LogP contribution >= 0.6 is 0 Å². The van der Waals surface area contributed by atoms with Gasteiger partial charge in [0, 0.05) is 5.92 Å². The number of nitrogens with one attached hydrogen (secondary N) is 1. The van der Waals surface area contributed by atoms with Crippen molar-refractivity contribution in [2.45, 2.75) is 50.7 Å². The summed E-state index contributed by atoms with van der Waals surface area (Å²) in [6, 6.07) is -1.88. The van der Waals surface area contributed by atoms with Gasteiger partial charge >= 0.3 is 12.1 Å². The Hall–Kier alpha value is -1.27. The van der Waals surface area contributed by atoms with Crippen LogP contribution in [0.15, 0.2) is 0 Å². The molecule has 0 heterocycles. The highest BCUT2D eigenvalue weighted by molar-refractivity contribution is 5.85. The third-order valence-electron chi connectivity index (χ3n) is 5.58. The summed E-state index contributed by atoms with van der Waals surface area (Å²) in [6.45, 7) is 0. The normalized spacial score (nSPS) is 37.9. The van der Waals surface area contributed by atoms with Crippen LogP contribution in [0.2, 0.25) is 0 Å². The van der Waals surface area contributed by atoms with Crippen LogP contribution in [0.25, 0.3) is 0 Å². The highest BCUT2D eigenvalue weighted by Crippen LogP contribution is 2.56. The number of hydrogen-bond donors (Lipinski definition) is 2. The standard InChI is InChI=1S/C15H20F3NO3/c16-15(17,18)6-11(14(21)22)19-13(20)12-9-2-7-1-8(4-9)5-10(12)3-7/h7-12H,1-6H2,(H,19,20)(H,21,22). The van der Waals surface area contributed by atoms with E-state index in [4.69, 9.17) is 5.11 Å². The number of hydrogen-bond acceptors (Lipinski definition) is 2. The zero-order valence-electron chi connectivity index (χ0n) is 12.1. The number of carboxylic acid groups (broad SMARTS) is 1. The summed E-state index contributed by atoms with van der Waals surface area (Å²) in [7, 11) is 0. The molecule has 0 aromatic heterocycles. The molecule has 1 amide bonds. The Kier molecular flexibility index (Phi) is 3.85. The minimum absolute atomic E-state index is 0.219. The van der Waals surface area contributed by atoms with Crippen molar-refractivity contribution in [1.82, 2.24) is 5.32 Å². The molecule has 2 N–H and O–H groups in total. The van der Waals surface area contributed by atoms with Crippen molar-refractivity contribution in [2.24, 2.45) is 29.6 Å². The van der Waals surface area contributed by atoms with E-state index in [0.29, 0.717) is 11.8 Å². The van der Waals surface area contributed by atoms with E-state index in [1.807, 2.05) is 0 Å². The monoisotopic (exact) mass is 319 g/mol. The summed E-state index contributed by atoms with van der Waals surface area (Å²) in [5, 5.41) is 11.1. The number of carbonyl (C=O) groups is 2. The summed E-state index contributed by atoms with van der Waals surface area (Å²) in [4.78, 5) is 23.4. The van der Waals surface area contributed by atoms with Gasteiger partial charge in [-0.05, 0) is 55.8 Å². The minimum atomic E-state index is -4.61. The molecule has 1 atom stereocenters. The maximum absolute atomic E-state index is 12.4. The zero-order valence-corrected chi connectivity index (χ0v) is 12.1. The lowest BCUT2D eigenvalue weighted by atomic mass is 9.51. The lowest BCUT2D eigenvalue weighted by Gasteiger charge is -2.53. The molecule has 4 bridgehead atoms. The molecule has 0 aromatic rings. The Bertz CT molecular complexity index is 449. The smallest absolute Gasteiger partial charge is 0.391 e. The van der Waals surface area contributed by atoms with Crippen LogP contribution in [0.3, 0.4) is 0 Å². The Morgan fingerprint density at radius 1 is 1.05 bits per heavy atom. The zero-order chi connectivity index (χ0) is 16.1. The van der Waals surface area contributed by atoms with Crippen molar-refractivity contribution >= 4 is 11.9 Å². The number of carboxylic acids is 1. The van der Waals surface area contributed by atoms with E-state index in [1.54, 1.807) is 0 Å². The fraction of sp³-hybridized carbons (Fsp3) is 0.867. The van der Waals surface area contributed by atoms with Crippen molar-refractivity contribution < 1.29 is 27.9 Å². The van der Waals surface area contributed by atoms with E-state index in [9.17, 15) is 22.8 Å². The SMILES string of the molecule is O=C(O)C(CC(F)(F)F)NC(=O)C1C2CC3CC(C2)CC1C3. The van der Waals surface area contributed by atoms with Gasteiger partial charge in [-0.2, -0.15) is 13.2 Å². The molecule has 7 heteroatoms. The quantitative estimate of drug-likeness (QED) is 0.837. The van der Waals surface area contributed by atoms with Crippen LogP contribution in [0, 0.1) is 29.6 Å². The van der Waals surface area contributed by atoms with E-state index >= 15 is 0 Å². The number of rotatable bonds is 4. The first kappa shape index (κ1) is 15.6. The topological polar surface area (TPSA) is 66.4 Å². The molecule has 4 aliphatic carbocycles. The van der Waals surface area contributed by atoms with E-state index in [-0.39, 0.29) is 17.8 Å². The van der Waals surface area contributed by atoms with E-state index < -0.39 is 30.5 Å². The second-order valence-electron chi connectivity index (χ2n) is 7.18. The van der Waals surface area contributed by atoms with Crippen molar-refractivity contribution in [1.29, 1.82) is 0 Å². The third kappa shape index (κ3) is 3.08. The van der Waals surface area contributed by atoms with Gasteiger partial charge in [0.25, 0.3) is 0 Å². The molecule has 0 saturated heterocycles. The molecule has 0 spiro atoms. The summed E-state index contributed by atoms with van der Waals surface area (Å²) < 4.78 is 37.3. The first-order valence-electron chi connectivity index (χ1n) is 7.83. The lowest BCUT2D eigenvalue weighted by molar-refractivity contribution is -0.162. The molecule has 1 unspecified atom stereocenters. The Morgan fingerprint density at radius 3 is 1.95 bits per heavy atom.